The van der Waals surface area contributed by atoms with Crippen molar-refractivity contribution in [1.29, 1.82) is 0 Å². The molecule has 8 nitrogen and oxygen atoms in total. The molecule has 0 aliphatic carbocycles. The van der Waals surface area contributed by atoms with Gasteiger partial charge in [-0.1, -0.05) is 105 Å². The van der Waals surface area contributed by atoms with E-state index in [9.17, 15) is 19.5 Å². The molecule has 4 atom stereocenters. The van der Waals surface area contributed by atoms with Gasteiger partial charge in [0.05, 0.1) is 5.54 Å². The van der Waals surface area contributed by atoms with Gasteiger partial charge in [-0.3, -0.25) is 9.69 Å². The van der Waals surface area contributed by atoms with Crippen LogP contribution in [0.5, 0.6) is 0 Å². The van der Waals surface area contributed by atoms with Gasteiger partial charge in [-0.05, 0) is 29.5 Å². The van der Waals surface area contributed by atoms with Crippen molar-refractivity contribution in [3.63, 3.8) is 0 Å². The maximum Gasteiger partial charge on any atom is 0.326 e. The van der Waals surface area contributed by atoms with E-state index in [4.69, 9.17) is 0 Å². The fourth-order valence-corrected chi connectivity index (χ4v) is 6.65. The van der Waals surface area contributed by atoms with Gasteiger partial charge in [0.15, 0.2) is 0 Å². The van der Waals surface area contributed by atoms with Crippen LogP contribution >= 0.6 is 0 Å². The first kappa shape index (κ1) is 29.3. The van der Waals surface area contributed by atoms with Crippen LogP contribution in [0, 0.1) is 5.92 Å². The Bertz CT molecular complexity index is 1300. The van der Waals surface area contributed by atoms with Crippen molar-refractivity contribution in [1.82, 2.24) is 19.6 Å². The molecule has 8 heteroatoms. The van der Waals surface area contributed by atoms with Crippen LogP contribution in [0.25, 0.3) is 0 Å². The zero-order valence-corrected chi connectivity index (χ0v) is 24.8. The lowest BCUT2D eigenvalue weighted by molar-refractivity contribution is -0.143. The van der Waals surface area contributed by atoms with Gasteiger partial charge in [-0.15, -0.1) is 0 Å². The number of nitrogens with zero attached hydrogens (tertiary/aromatic N) is 4. The van der Waals surface area contributed by atoms with Gasteiger partial charge < -0.3 is 19.8 Å². The molecule has 5 rings (SSSR count). The van der Waals surface area contributed by atoms with Crippen molar-refractivity contribution in [3.8, 4) is 0 Å². The number of hydrogen-bond acceptors (Lipinski definition) is 4. The van der Waals surface area contributed by atoms with E-state index in [1.54, 1.807) is 25.8 Å². The zero-order valence-electron chi connectivity index (χ0n) is 24.8. The first-order valence-electron chi connectivity index (χ1n) is 14.7. The molecular weight excluding hydrogens is 528 g/mol. The van der Waals surface area contributed by atoms with E-state index in [1.807, 2.05) is 66.4 Å². The second kappa shape index (κ2) is 12.0. The van der Waals surface area contributed by atoms with Crippen LogP contribution in [-0.4, -0.2) is 94.0 Å². The highest BCUT2D eigenvalue weighted by Crippen LogP contribution is 2.48. The number of carbonyl (C=O) groups excluding carboxylic acids is 2. The quantitative estimate of drug-likeness (QED) is 0.323. The molecule has 220 valence electrons. The van der Waals surface area contributed by atoms with Gasteiger partial charge in [-0.2, -0.15) is 0 Å². The molecule has 2 aliphatic rings. The summed E-state index contributed by atoms with van der Waals surface area (Å²) in [6, 6.07) is 29.3. The number of aliphatic carboxylic acids is 1. The second-order valence-corrected chi connectivity index (χ2v) is 11.7. The molecule has 42 heavy (non-hydrogen) atoms. The molecule has 1 N–H and O–H groups in total. The van der Waals surface area contributed by atoms with Crippen molar-refractivity contribution in [2.75, 3.05) is 33.2 Å². The average Bonchev–Trinajstić information content (AvgIpc) is 3.79. The summed E-state index contributed by atoms with van der Waals surface area (Å²) in [6.45, 7) is 7.27. The Labute approximate surface area is 248 Å². The highest BCUT2D eigenvalue weighted by atomic mass is 16.4. The summed E-state index contributed by atoms with van der Waals surface area (Å²) < 4.78 is 0. The van der Waals surface area contributed by atoms with E-state index in [0.717, 1.165) is 16.7 Å². The highest BCUT2D eigenvalue weighted by molar-refractivity contribution is 5.87. The number of hydrogen-bond donors (Lipinski definition) is 1. The Morgan fingerprint density at radius 2 is 1.29 bits per heavy atom. The Morgan fingerprint density at radius 1 is 0.810 bits per heavy atom. The predicted molar refractivity (Wildman–Crippen MR) is 162 cm³/mol. The van der Waals surface area contributed by atoms with Gasteiger partial charge in [0, 0.05) is 39.3 Å². The number of carboxylic acid groups (broad SMARTS) is 1. The summed E-state index contributed by atoms with van der Waals surface area (Å²) in [5.41, 5.74) is 2.66. The van der Waals surface area contributed by atoms with E-state index in [0.29, 0.717) is 26.2 Å². The summed E-state index contributed by atoms with van der Waals surface area (Å²) >= 11 is 0. The molecule has 0 aromatic heterocycles. The van der Waals surface area contributed by atoms with Gasteiger partial charge in [0.25, 0.3) is 0 Å². The van der Waals surface area contributed by atoms with Crippen LogP contribution in [0.4, 0.5) is 4.79 Å². The lowest BCUT2D eigenvalue weighted by Gasteiger charge is -2.43. The third kappa shape index (κ3) is 5.27. The van der Waals surface area contributed by atoms with Gasteiger partial charge in [0.1, 0.15) is 12.1 Å². The zero-order chi connectivity index (χ0) is 30.0. The molecule has 0 spiro atoms. The maximum absolute atomic E-state index is 14.1. The van der Waals surface area contributed by atoms with Crippen LogP contribution in [0.2, 0.25) is 0 Å². The molecule has 3 aromatic carbocycles. The third-order valence-electron chi connectivity index (χ3n) is 8.69. The highest BCUT2D eigenvalue weighted by Gasteiger charge is 2.57. The summed E-state index contributed by atoms with van der Waals surface area (Å²) in [5, 5.41) is 9.66. The molecular formula is C34H40N4O4. The van der Waals surface area contributed by atoms with E-state index in [-0.39, 0.29) is 29.9 Å². The molecule has 3 unspecified atom stereocenters. The number of rotatable bonds is 8. The van der Waals surface area contributed by atoms with Crippen molar-refractivity contribution in [2.24, 2.45) is 5.92 Å². The number of likely N-dealkylation sites (N-methyl/N-ethyl adjacent to an activating group) is 1. The number of benzene rings is 3. The standard InChI is InChI=1S/C34H40N4O4/c1-24(2)30(32(40)41)35(4)33(42)36-20-21-37(25(3)22-36)31(39)29-23-38(29)34(26-14-8-5-9-15-26,27-16-10-6-11-17-27)28-18-12-7-13-19-28/h5-19,24-25,29-30H,20-23H2,1-4H3,(H,40,41)/t25-,29?,30?,38?/m1/s1. The lowest BCUT2D eigenvalue weighted by atomic mass is 9.76. The number of carboxylic acids is 1. The number of urea groups is 1. The molecule has 2 fully saturated rings. The Balaban J connectivity index is 1.39. The van der Waals surface area contributed by atoms with Gasteiger partial charge in [-0.25, -0.2) is 9.59 Å². The molecule has 3 aromatic rings. The molecule has 0 radical (unpaired) electrons. The Kier molecular flexibility index (Phi) is 8.36. The Morgan fingerprint density at radius 3 is 1.69 bits per heavy atom. The Hall–Kier alpha value is -4.17. The van der Waals surface area contributed by atoms with Crippen molar-refractivity contribution < 1.29 is 19.5 Å². The fraction of sp³-hybridized carbons (Fsp3) is 0.382. The molecule has 2 aliphatic heterocycles. The van der Waals surface area contributed by atoms with E-state index in [1.165, 1.54) is 4.90 Å². The smallest absolute Gasteiger partial charge is 0.326 e. The van der Waals surface area contributed by atoms with E-state index >= 15 is 0 Å². The normalized spacial score (nSPS) is 21.1. The van der Waals surface area contributed by atoms with Crippen molar-refractivity contribution in [3.05, 3.63) is 108 Å². The second-order valence-electron chi connectivity index (χ2n) is 11.7. The number of piperazine rings is 1. The van der Waals surface area contributed by atoms with Gasteiger partial charge >= 0.3 is 12.0 Å². The summed E-state index contributed by atoms with van der Waals surface area (Å²) in [5.74, 6) is -1.19. The summed E-state index contributed by atoms with van der Waals surface area (Å²) in [7, 11) is 1.54. The first-order valence-corrected chi connectivity index (χ1v) is 14.7. The first-order chi connectivity index (χ1) is 20.2. The molecule has 3 amide bonds. The molecule has 2 saturated heterocycles. The lowest BCUT2D eigenvalue weighted by Crippen LogP contribution is -2.60. The van der Waals surface area contributed by atoms with Crippen LogP contribution in [0.15, 0.2) is 91.0 Å². The maximum atomic E-state index is 14.1. The topological polar surface area (TPSA) is 84.2 Å². The third-order valence-corrected chi connectivity index (χ3v) is 8.69. The predicted octanol–water partition coefficient (Wildman–Crippen LogP) is 4.36. The minimum atomic E-state index is -1.02. The van der Waals surface area contributed by atoms with Crippen LogP contribution in [0.3, 0.4) is 0 Å². The summed E-state index contributed by atoms with van der Waals surface area (Å²) in [6.07, 6.45) is 0. The summed E-state index contributed by atoms with van der Waals surface area (Å²) in [4.78, 5) is 46.3. The largest absolute Gasteiger partial charge is 0.480 e. The van der Waals surface area contributed by atoms with Crippen LogP contribution < -0.4 is 0 Å². The fourth-order valence-electron chi connectivity index (χ4n) is 6.65. The molecule has 2 heterocycles. The minimum absolute atomic E-state index is 0.0562. The van der Waals surface area contributed by atoms with Crippen LogP contribution in [0.1, 0.15) is 37.5 Å². The van der Waals surface area contributed by atoms with Crippen LogP contribution in [-0.2, 0) is 15.1 Å². The van der Waals surface area contributed by atoms with Crippen molar-refractivity contribution >= 4 is 17.9 Å². The monoisotopic (exact) mass is 568 g/mol. The molecule has 0 bridgehead atoms. The number of carbonyl (C=O) groups is 3. The molecule has 0 saturated carbocycles. The van der Waals surface area contributed by atoms with Crippen molar-refractivity contribution in [2.45, 2.75) is 44.4 Å². The number of amides is 3. The van der Waals surface area contributed by atoms with E-state index in [2.05, 4.69) is 41.3 Å². The van der Waals surface area contributed by atoms with E-state index < -0.39 is 17.6 Å². The van der Waals surface area contributed by atoms with Gasteiger partial charge in [0.2, 0.25) is 5.91 Å². The average molecular weight is 569 g/mol. The minimum Gasteiger partial charge on any atom is -0.480 e. The SMILES string of the molecule is CC(C)C(C(=O)O)N(C)C(=O)N1CCN(C(=O)C2CN2C(c2ccccc2)(c2ccccc2)c2ccccc2)[C@H](C)C1.